The molecule has 128 valence electrons. The summed E-state index contributed by atoms with van der Waals surface area (Å²) >= 11 is 0. The standard InChI is InChI=1S/C19H25N3O2/c1-23-18-9-13-5-8-22-12-17(21-6-3-4-7-21)15(20)11-16(22)14(13)10-19(18)24-2/h3-4,6-7,9-10,15-17H,5,8,11-12,20H2,1-2H3. The van der Waals surface area contributed by atoms with Crippen LogP contribution in [0.1, 0.15) is 29.6 Å². The Morgan fingerprint density at radius 2 is 1.79 bits per heavy atom. The van der Waals surface area contributed by atoms with Gasteiger partial charge in [0.2, 0.25) is 0 Å². The van der Waals surface area contributed by atoms with Crippen molar-refractivity contribution in [2.45, 2.75) is 31.0 Å². The Labute approximate surface area is 143 Å². The fourth-order valence-electron chi connectivity index (χ4n) is 4.25. The van der Waals surface area contributed by atoms with Crippen LogP contribution in [0.4, 0.5) is 0 Å². The van der Waals surface area contributed by atoms with Crippen LogP contribution in [0.5, 0.6) is 11.5 Å². The first-order valence-electron chi connectivity index (χ1n) is 8.58. The minimum Gasteiger partial charge on any atom is -0.493 e. The molecular weight excluding hydrogens is 302 g/mol. The zero-order valence-electron chi connectivity index (χ0n) is 14.3. The normalized spacial score (nSPS) is 26.5. The van der Waals surface area contributed by atoms with E-state index in [0.717, 1.165) is 37.4 Å². The number of nitrogens with two attached hydrogens (primary N) is 1. The summed E-state index contributed by atoms with van der Waals surface area (Å²) in [4.78, 5) is 2.57. The predicted molar refractivity (Wildman–Crippen MR) is 93.6 cm³/mol. The molecule has 0 amide bonds. The van der Waals surface area contributed by atoms with Crippen LogP contribution in [-0.2, 0) is 6.42 Å². The summed E-state index contributed by atoms with van der Waals surface area (Å²) in [5.74, 6) is 1.62. The number of hydrogen-bond donors (Lipinski definition) is 1. The van der Waals surface area contributed by atoms with E-state index >= 15 is 0 Å². The molecular formula is C19H25N3O2. The Balaban J connectivity index is 1.66. The maximum absolute atomic E-state index is 6.56. The Hall–Kier alpha value is -1.98. The summed E-state index contributed by atoms with van der Waals surface area (Å²) in [6.07, 6.45) is 6.25. The molecule has 1 fully saturated rings. The Morgan fingerprint density at radius 3 is 2.50 bits per heavy atom. The van der Waals surface area contributed by atoms with Crippen molar-refractivity contribution >= 4 is 0 Å². The lowest BCUT2D eigenvalue weighted by atomic mass is 9.83. The van der Waals surface area contributed by atoms with E-state index in [0.29, 0.717) is 12.1 Å². The third kappa shape index (κ3) is 2.48. The number of aromatic nitrogens is 1. The average molecular weight is 327 g/mol. The fraction of sp³-hybridized carbons (Fsp3) is 0.474. The van der Waals surface area contributed by atoms with E-state index in [2.05, 4.69) is 46.1 Å². The number of rotatable bonds is 3. The fourth-order valence-corrected chi connectivity index (χ4v) is 4.25. The number of benzene rings is 1. The molecule has 0 spiro atoms. The molecule has 1 saturated heterocycles. The van der Waals surface area contributed by atoms with E-state index in [4.69, 9.17) is 15.2 Å². The van der Waals surface area contributed by atoms with E-state index in [1.807, 2.05) is 0 Å². The molecule has 0 aliphatic carbocycles. The quantitative estimate of drug-likeness (QED) is 0.940. The van der Waals surface area contributed by atoms with Crippen LogP contribution in [0.25, 0.3) is 0 Å². The van der Waals surface area contributed by atoms with Gasteiger partial charge >= 0.3 is 0 Å². The first kappa shape index (κ1) is 15.5. The van der Waals surface area contributed by atoms with Crippen LogP contribution in [0, 0.1) is 0 Å². The van der Waals surface area contributed by atoms with Gasteiger partial charge in [-0.2, -0.15) is 0 Å². The number of fused-ring (bicyclic) bond motifs is 3. The molecule has 0 bridgehead atoms. The number of methoxy groups -OCH3 is 2. The second-order valence-electron chi connectivity index (χ2n) is 6.76. The largest absolute Gasteiger partial charge is 0.493 e. The highest BCUT2D eigenvalue weighted by atomic mass is 16.5. The Bertz CT molecular complexity index is 714. The van der Waals surface area contributed by atoms with Crippen molar-refractivity contribution in [2.75, 3.05) is 27.3 Å². The van der Waals surface area contributed by atoms with Gasteiger partial charge in [-0.3, -0.25) is 4.90 Å². The van der Waals surface area contributed by atoms with Crippen LogP contribution in [-0.4, -0.2) is 42.8 Å². The first-order valence-corrected chi connectivity index (χ1v) is 8.58. The maximum atomic E-state index is 6.56. The van der Waals surface area contributed by atoms with Crippen molar-refractivity contribution in [3.63, 3.8) is 0 Å². The molecule has 5 nitrogen and oxygen atoms in total. The van der Waals surface area contributed by atoms with E-state index in [1.165, 1.54) is 11.1 Å². The van der Waals surface area contributed by atoms with Crippen molar-refractivity contribution in [1.82, 2.24) is 9.47 Å². The highest BCUT2D eigenvalue weighted by molar-refractivity contribution is 5.49. The smallest absolute Gasteiger partial charge is 0.161 e. The van der Waals surface area contributed by atoms with Gasteiger partial charge in [-0.05, 0) is 48.2 Å². The molecule has 3 atom stereocenters. The molecule has 1 aromatic carbocycles. The minimum atomic E-state index is 0.151. The lowest BCUT2D eigenvalue weighted by molar-refractivity contribution is 0.0870. The van der Waals surface area contributed by atoms with Gasteiger partial charge in [-0.25, -0.2) is 0 Å². The van der Waals surface area contributed by atoms with Gasteiger partial charge in [0.05, 0.1) is 20.3 Å². The zero-order chi connectivity index (χ0) is 16.7. The maximum Gasteiger partial charge on any atom is 0.161 e. The summed E-state index contributed by atoms with van der Waals surface area (Å²) in [7, 11) is 3.39. The second kappa shape index (κ2) is 6.15. The van der Waals surface area contributed by atoms with E-state index in [-0.39, 0.29) is 6.04 Å². The van der Waals surface area contributed by atoms with Crippen molar-refractivity contribution in [3.05, 3.63) is 47.8 Å². The summed E-state index contributed by atoms with van der Waals surface area (Å²) in [5.41, 5.74) is 9.27. The van der Waals surface area contributed by atoms with Crippen LogP contribution < -0.4 is 15.2 Å². The van der Waals surface area contributed by atoms with Gasteiger partial charge in [-0.15, -0.1) is 0 Å². The van der Waals surface area contributed by atoms with Crippen molar-refractivity contribution < 1.29 is 9.47 Å². The Kier molecular flexibility index (Phi) is 3.98. The summed E-state index contributed by atoms with van der Waals surface area (Å²) in [5, 5.41) is 0. The van der Waals surface area contributed by atoms with Crippen LogP contribution >= 0.6 is 0 Å². The number of hydrogen-bond acceptors (Lipinski definition) is 4. The topological polar surface area (TPSA) is 52.7 Å². The number of ether oxygens (including phenoxy) is 2. The number of nitrogens with zero attached hydrogens (tertiary/aromatic N) is 2. The summed E-state index contributed by atoms with van der Waals surface area (Å²) < 4.78 is 13.2. The third-order valence-corrected chi connectivity index (χ3v) is 5.54. The molecule has 0 saturated carbocycles. The van der Waals surface area contributed by atoms with Gasteiger partial charge in [0.25, 0.3) is 0 Å². The van der Waals surface area contributed by atoms with Crippen molar-refractivity contribution in [2.24, 2.45) is 5.73 Å². The van der Waals surface area contributed by atoms with Gasteiger partial charge in [0.15, 0.2) is 11.5 Å². The molecule has 0 radical (unpaired) electrons. The number of piperidine rings is 1. The summed E-state index contributed by atoms with van der Waals surface area (Å²) in [6.45, 7) is 2.06. The van der Waals surface area contributed by atoms with Crippen molar-refractivity contribution in [3.8, 4) is 11.5 Å². The molecule has 4 rings (SSSR count). The third-order valence-electron chi connectivity index (χ3n) is 5.54. The van der Waals surface area contributed by atoms with Crippen LogP contribution in [0.3, 0.4) is 0 Å². The zero-order valence-corrected chi connectivity index (χ0v) is 14.3. The molecule has 5 heteroatoms. The highest BCUT2D eigenvalue weighted by Crippen LogP contribution is 2.43. The molecule has 1 aromatic heterocycles. The lowest BCUT2D eigenvalue weighted by Gasteiger charge is -2.46. The molecule has 2 aliphatic rings. The SMILES string of the molecule is COc1cc2c(cc1OC)C1CC(N)C(n3cccc3)CN1CC2. The highest BCUT2D eigenvalue weighted by Gasteiger charge is 2.38. The van der Waals surface area contributed by atoms with Crippen molar-refractivity contribution in [1.29, 1.82) is 0 Å². The van der Waals surface area contributed by atoms with E-state index in [9.17, 15) is 0 Å². The van der Waals surface area contributed by atoms with Crippen LogP contribution in [0.15, 0.2) is 36.7 Å². The van der Waals surface area contributed by atoms with E-state index in [1.54, 1.807) is 14.2 Å². The van der Waals surface area contributed by atoms with Gasteiger partial charge in [0.1, 0.15) is 0 Å². The van der Waals surface area contributed by atoms with Gasteiger partial charge in [-0.1, -0.05) is 0 Å². The molecule has 2 N–H and O–H groups in total. The molecule has 2 aliphatic heterocycles. The Morgan fingerprint density at radius 1 is 1.08 bits per heavy atom. The average Bonchev–Trinajstić information content (AvgIpc) is 3.14. The molecule has 3 heterocycles. The van der Waals surface area contributed by atoms with Crippen LogP contribution in [0.2, 0.25) is 0 Å². The minimum absolute atomic E-state index is 0.151. The first-order chi connectivity index (χ1) is 11.7. The second-order valence-corrected chi connectivity index (χ2v) is 6.76. The van der Waals surface area contributed by atoms with Gasteiger partial charge in [0, 0.05) is 37.6 Å². The molecule has 2 aromatic rings. The monoisotopic (exact) mass is 327 g/mol. The molecule has 3 unspecified atom stereocenters. The predicted octanol–water partition coefficient (Wildman–Crippen LogP) is 2.38. The van der Waals surface area contributed by atoms with E-state index < -0.39 is 0 Å². The lowest BCUT2D eigenvalue weighted by Crippen LogP contribution is -2.51. The van der Waals surface area contributed by atoms with Gasteiger partial charge < -0.3 is 19.8 Å². The summed E-state index contributed by atoms with van der Waals surface area (Å²) in [6, 6.07) is 9.29. The molecule has 24 heavy (non-hydrogen) atoms.